The van der Waals surface area contributed by atoms with Gasteiger partial charge in [-0.25, -0.2) is 0 Å². The molecule has 1 heterocycles. The Morgan fingerprint density at radius 3 is 2.82 bits per heavy atom. The van der Waals surface area contributed by atoms with Crippen LogP contribution in [0, 0.1) is 0 Å². The molecule has 1 aliphatic heterocycles. The van der Waals surface area contributed by atoms with Gasteiger partial charge in [0.2, 0.25) is 0 Å². The molecule has 0 aromatic heterocycles. The minimum atomic E-state index is -0.224. The van der Waals surface area contributed by atoms with Crippen LogP contribution in [0.15, 0.2) is 41.6 Å². The van der Waals surface area contributed by atoms with E-state index in [1.807, 2.05) is 36.4 Å². The summed E-state index contributed by atoms with van der Waals surface area (Å²) in [6, 6.07) is 11.8. The molecular weight excluding hydrogens is 216 g/mol. The average Bonchev–Trinajstić information content (AvgIpc) is 2.67. The lowest BCUT2D eigenvalue weighted by molar-refractivity contribution is -0.110. The SMILES string of the molecule is CON=C1C(=O)Nc2c1ccc1ccccc21. The summed E-state index contributed by atoms with van der Waals surface area (Å²) in [5.74, 6) is -0.224. The summed E-state index contributed by atoms with van der Waals surface area (Å²) in [4.78, 5) is 16.4. The molecule has 0 radical (unpaired) electrons. The molecule has 4 heteroatoms. The fourth-order valence-electron chi connectivity index (χ4n) is 2.08. The number of hydrogen-bond donors (Lipinski definition) is 1. The zero-order valence-electron chi connectivity index (χ0n) is 9.23. The minimum absolute atomic E-state index is 0.224. The van der Waals surface area contributed by atoms with Crippen molar-refractivity contribution in [3.8, 4) is 0 Å². The number of fused-ring (bicyclic) bond motifs is 3. The summed E-state index contributed by atoms with van der Waals surface area (Å²) in [5.41, 5.74) is 1.92. The second-order valence-electron chi connectivity index (χ2n) is 3.79. The van der Waals surface area contributed by atoms with Crippen molar-refractivity contribution in [3.05, 3.63) is 42.0 Å². The van der Waals surface area contributed by atoms with E-state index in [-0.39, 0.29) is 5.91 Å². The highest BCUT2D eigenvalue weighted by Gasteiger charge is 2.28. The molecule has 0 unspecified atom stereocenters. The third kappa shape index (κ3) is 1.38. The minimum Gasteiger partial charge on any atom is -0.398 e. The van der Waals surface area contributed by atoms with E-state index in [0.717, 1.165) is 22.0 Å². The van der Waals surface area contributed by atoms with Crippen LogP contribution in [0.4, 0.5) is 5.69 Å². The monoisotopic (exact) mass is 226 g/mol. The normalized spacial score (nSPS) is 16.1. The van der Waals surface area contributed by atoms with Gasteiger partial charge < -0.3 is 10.2 Å². The first-order valence-electron chi connectivity index (χ1n) is 5.26. The molecule has 2 aromatic carbocycles. The largest absolute Gasteiger partial charge is 0.398 e. The highest BCUT2D eigenvalue weighted by atomic mass is 16.6. The van der Waals surface area contributed by atoms with Crippen LogP contribution in [0.5, 0.6) is 0 Å². The molecule has 1 amide bonds. The van der Waals surface area contributed by atoms with E-state index in [2.05, 4.69) is 10.5 Å². The molecule has 0 bridgehead atoms. The van der Waals surface area contributed by atoms with Crippen LogP contribution in [0.2, 0.25) is 0 Å². The predicted octanol–water partition coefficient (Wildman–Crippen LogP) is 2.14. The number of carbonyl (C=O) groups excluding carboxylic acids is 1. The molecule has 1 N–H and O–H groups in total. The predicted molar refractivity (Wildman–Crippen MR) is 66.1 cm³/mol. The molecular formula is C13H10N2O2. The van der Waals surface area contributed by atoms with E-state index >= 15 is 0 Å². The van der Waals surface area contributed by atoms with Gasteiger partial charge in [-0.05, 0) is 11.5 Å². The Bertz CT molecular complexity index is 647. The second-order valence-corrected chi connectivity index (χ2v) is 3.79. The van der Waals surface area contributed by atoms with Gasteiger partial charge in [0.05, 0.1) is 5.69 Å². The zero-order valence-corrected chi connectivity index (χ0v) is 9.23. The first-order chi connectivity index (χ1) is 8.31. The maximum atomic E-state index is 11.7. The second kappa shape index (κ2) is 3.59. The van der Waals surface area contributed by atoms with Crippen molar-refractivity contribution >= 4 is 28.1 Å². The smallest absolute Gasteiger partial charge is 0.278 e. The van der Waals surface area contributed by atoms with Gasteiger partial charge in [-0.1, -0.05) is 35.5 Å². The Balaban J connectivity index is 2.31. The molecule has 17 heavy (non-hydrogen) atoms. The van der Waals surface area contributed by atoms with Crippen LogP contribution in [-0.2, 0) is 9.63 Å². The number of benzene rings is 2. The number of carbonyl (C=O) groups is 1. The Morgan fingerprint density at radius 2 is 2.00 bits per heavy atom. The van der Waals surface area contributed by atoms with Gasteiger partial charge in [0.15, 0.2) is 5.71 Å². The van der Waals surface area contributed by atoms with Crippen LogP contribution in [-0.4, -0.2) is 18.7 Å². The first kappa shape index (κ1) is 9.84. The summed E-state index contributed by atoms with van der Waals surface area (Å²) in [6.45, 7) is 0. The van der Waals surface area contributed by atoms with Gasteiger partial charge in [0.1, 0.15) is 7.11 Å². The Kier molecular flexibility index (Phi) is 2.08. The molecule has 84 valence electrons. The molecule has 0 saturated carbocycles. The fourth-order valence-corrected chi connectivity index (χ4v) is 2.08. The molecule has 2 aromatic rings. The molecule has 4 nitrogen and oxygen atoms in total. The van der Waals surface area contributed by atoms with E-state index in [0.29, 0.717) is 5.71 Å². The summed E-state index contributed by atoms with van der Waals surface area (Å²) in [6.07, 6.45) is 0. The first-order valence-corrected chi connectivity index (χ1v) is 5.26. The van der Waals surface area contributed by atoms with Crippen molar-refractivity contribution in [2.45, 2.75) is 0 Å². The Labute approximate surface area is 97.9 Å². The molecule has 3 rings (SSSR count). The standard InChI is InChI=1S/C13H10N2O2/c1-17-15-12-10-7-6-8-4-2-3-5-9(8)11(10)14-13(12)16/h2-7H,1H3,(H,14,15,16). The zero-order chi connectivity index (χ0) is 11.8. The van der Waals surface area contributed by atoms with Gasteiger partial charge in [0, 0.05) is 10.9 Å². The maximum absolute atomic E-state index is 11.7. The lowest BCUT2D eigenvalue weighted by Crippen LogP contribution is -2.14. The highest BCUT2D eigenvalue weighted by Crippen LogP contribution is 2.32. The van der Waals surface area contributed by atoms with E-state index < -0.39 is 0 Å². The van der Waals surface area contributed by atoms with Crippen molar-refractivity contribution in [2.75, 3.05) is 12.4 Å². The molecule has 0 fully saturated rings. The number of amides is 1. The van der Waals surface area contributed by atoms with Crippen LogP contribution < -0.4 is 5.32 Å². The number of oxime groups is 1. The van der Waals surface area contributed by atoms with Crippen LogP contribution in [0.1, 0.15) is 5.56 Å². The van der Waals surface area contributed by atoms with Gasteiger partial charge in [-0.2, -0.15) is 0 Å². The average molecular weight is 226 g/mol. The third-order valence-corrected chi connectivity index (χ3v) is 2.82. The van der Waals surface area contributed by atoms with Crippen molar-refractivity contribution < 1.29 is 9.63 Å². The van der Waals surface area contributed by atoms with Gasteiger partial charge in [-0.15, -0.1) is 0 Å². The molecule has 0 aliphatic carbocycles. The Morgan fingerprint density at radius 1 is 1.18 bits per heavy atom. The van der Waals surface area contributed by atoms with Crippen molar-refractivity contribution in [2.24, 2.45) is 5.16 Å². The quantitative estimate of drug-likeness (QED) is 0.757. The summed E-state index contributed by atoms with van der Waals surface area (Å²) in [7, 11) is 1.43. The van der Waals surface area contributed by atoms with Crippen LogP contribution in [0.25, 0.3) is 10.8 Å². The topological polar surface area (TPSA) is 50.7 Å². The van der Waals surface area contributed by atoms with Crippen molar-refractivity contribution in [1.29, 1.82) is 0 Å². The molecule has 0 spiro atoms. The van der Waals surface area contributed by atoms with Gasteiger partial charge in [-0.3, -0.25) is 4.79 Å². The van der Waals surface area contributed by atoms with Crippen LogP contribution >= 0.6 is 0 Å². The third-order valence-electron chi connectivity index (χ3n) is 2.82. The Hall–Kier alpha value is -2.36. The number of anilines is 1. The number of nitrogens with one attached hydrogen (secondary N) is 1. The molecule has 0 atom stereocenters. The molecule has 1 aliphatic rings. The van der Waals surface area contributed by atoms with Crippen molar-refractivity contribution in [3.63, 3.8) is 0 Å². The lowest BCUT2D eigenvalue weighted by Gasteiger charge is -2.03. The van der Waals surface area contributed by atoms with E-state index in [9.17, 15) is 4.79 Å². The molecule has 0 saturated heterocycles. The number of hydrogen-bond acceptors (Lipinski definition) is 3. The van der Waals surface area contributed by atoms with E-state index in [1.54, 1.807) is 0 Å². The lowest BCUT2D eigenvalue weighted by atomic mass is 10.0. The maximum Gasteiger partial charge on any atom is 0.278 e. The van der Waals surface area contributed by atoms with E-state index in [1.165, 1.54) is 7.11 Å². The summed E-state index contributed by atoms with van der Waals surface area (Å²) >= 11 is 0. The van der Waals surface area contributed by atoms with Crippen molar-refractivity contribution in [1.82, 2.24) is 0 Å². The highest BCUT2D eigenvalue weighted by molar-refractivity contribution is 6.54. The number of rotatable bonds is 1. The summed E-state index contributed by atoms with van der Waals surface area (Å²) < 4.78 is 0. The van der Waals surface area contributed by atoms with Gasteiger partial charge in [0.25, 0.3) is 5.91 Å². The van der Waals surface area contributed by atoms with E-state index in [4.69, 9.17) is 4.84 Å². The number of nitrogens with zero attached hydrogens (tertiary/aromatic N) is 1. The van der Waals surface area contributed by atoms with Crippen LogP contribution in [0.3, 0.4) is 0 Å². The van der Waals surface area contributed by atoms with Gasteiger partial charge >= 0.3 is 0 Å². The fraction of sp³-hybridized carbons (Fsp3) is 0.0769. The summed E-state index contributed by atoms with van der Waals surface area (Å²) in [5, 5.41) is 8.68.